The highest BCUT2D eigenvalue weighted by atomic mass is 35.5. The Labute approximate surface area is 126 Å². The molecule has 2 rings (SSSR count). The number of carbonyl (C=O) groups excluding carboxylic acids is 1. The number of halogens is 1. The van der Waals surface area contributed by atoms with Gasteiger partial charge in [-0.25, -0.2) is 0 Å². The zero-order chi connectivity index (χ0) is 13.7. The molecule has 20 heavy (non-hydrogen) atoms. The summed E-state index contributed by atoms with van der Waals surface area (Å²) in [4.78, 5) is 12.0. The molecule has 1 amide bonds. The first-order chi connectivity index (χ1) is 9.19. The van der Waals surface area contributed by atoms with E-state index in [4.69, 9.17) is 10.5 Å². The lowest BCUT2D eigenvalue weighted by atomic mass is 10.1. The van der Waals surface area contributed by atoms with E-state index >= 15 is 0 Å². The van der Waals surface area contributed by atoms with E-state index in [9.17, 15) is 4.79 Å². The zero-order valence-electron chi connectivity index (χ0n) is 11.8. The predicted molar refractivity (Wildman–Crippen MR) is 83.4 cm³/mol. The van der Waals surface area contributed by atoms with Gasteiger partial charge in [-0.05, 0) is 49.9 Å². The SMILES string of the molecule is CCCOc1ccc(NC(=O)C2CCC(N)C2)cc1.Cl. The Balaban J connectivity index is 0.00000200. The summed E-state index contributed by atoms with van der Waals surface area (Å²) < 4.78 is 5.50. The molecule has 112 valence electrons. The normalized spacial score (nSPS) is 21.1. The van der Waals surface area contributed by atoms with Gasteiger partial charge in [-0.15, -0.1) is 12.4 Å². The number of anilines is 1. The van der Waals surface area contributed by atoms with Crippen molar-refractivity contribution >= 4 is 24.0 Å². The van der Waals surface area contributed by atoms with E-state index in [-0.39, 0.29) is 30.3 Å². The molecule has 0 aromatic heterocycles. The van der Waals surface area contributed by atoms with E-state index < -0.39 is 0 Å². The molecule has 2 atom stereocenters. The monoisotopic (exact) mass is 298 g/mol. The number of nitrogens with two attached hydrogens (primary N) is 1. The van der Waals surface area contributed by atoms with Gasteiger partial charge in [-0.1, -0.05) is 6.92 Å². The Morgan fingerprint density at radius 3 is 2.60 bits per heavy atom. The molecule has 1 aromatic carbocycles. The van der Waals surface area contributed by atoms with Gasteiger partial charge in [-0.2, -0.15) is 0 Å². The van der Waals surface area contributed by atoms with Gasteiger partial charge in [0.2, 0.25) is 5.91 Å². The minimum atomic E-state index is 0. The van der Waals surface area contributed by atoms with Crippen molar-refractivity contribution < 1.29 is 9.53 Å². The molecule has 0 heterocycles. The summed E-state index contributed by atoms with van der Waals surface area (Å²) in [5, 5.41) is 2.94. The second kappa shape index (κ2) is 8.12. The number of rotatable bonds is 5. The molecule has 1 aliphatic carbocycles. The first-order valence-corrected chi connectivity index (χ1v) is 6.98. The van der Waals surface area contributed by atoms with Gasteiger partial charge in [0.25, 0.3) is 0 Å². The van der Waals surface area contributed by atoms with Crippen LogP contribution in [0.5, 0.6) is 5.75 Å². The second-order valence-corrected chi connectivity index (χ2v) is 5.13. The van der Waals surface area contributed by atoms with Crippen LogP contribution < -0.4 is 15.8 Å². The number of carbonyl (C=O) groups is 1. The number of hydrogen-bond donors (Lipinski definition) is 2. The van der Waals surface area contributed by atoms with Gasteiger partial charge >= 0.3 is 0 Å². The maximum absolute atomic E-state index is 12.0. The summed E-state index contributed by atoms with van der Waals surface area (Å²) in [5.41, 5.74) is 6.64. The van der Waals surface area contributed by atoms with Crippen LogP contribution in [0.15, 0.2) is 24.3 Å². The molecule has 0 radical (unpaired) electrons. The molecule has 1 fully saturated rings. The van der Waals surface area contributed by atoms with Gasteiger partial charge in [0.05, 0.1) is 6.61 Å². The van der Waals surface area contributed by atoms with Crippen LogP contribution in [0, 0.1) is 5.92 Å². The fraction of sp³-hybridized carbons (Fsp3) is 0.533. The van der Waals surface area contributed by atoms with Crippen molar-refractivity contribution in [3.8, 4) is 5.75 Å². The molecule has 3 N–H and O–H groups in total. The maximum atomic E-state index is 12.0. The van der Waals surface area contributed by atoms with Crippen molar-refractivity contribution in [2.45, 2.75) is 38.6 Å². The fourth-order valence-corrected chi connectivity index (χ4v) is 2.35. The lowest BCUT2D eigenvalue weighted by molar-refractivity contribution is -0.119. The van der Waals surface area contributed by atoms with Crippen LogP contribution in [0.4, 0.5) is 5.69 Å². The third-order valence-electron chi connectivity index (χ3n) is 3.44. The van der Waals surface area contributed by atoms with Crippen molar-refractivity contribution in [1.29, 1.82) is 0 Å². The van der Waals surface area contributed by atoms with Gasteiger partial charge in [0.15, 0.2) is 0 Å². The predicted octanol–water partition coefficient (Wildman–Crippen LogP) is 2.96. The molecule has 1 aliphatic rings. The number of hydrogen-bond acceptors (Lipinski definition) is 3. The van der Waals surface area contributed by atoms with Crippen LogP contribution in [-0.4, -0.2) is 18.6 Å². The molecule has 0 aliphatic heterocycles. The van der Waals surface area contributed by atoms with E-state index in [1.807, 2.05) is 24.3 Å². The second-order valence-electron chi connectivity index (χ2n) is 5.13. The highest BCUT2D eigenvalue weighted by Crippen LogP contribution is 2.25. The van der Waals surface area contributed by atoms with E-state index in [0.717, 1.165) is 37.1 Å². The third-order valence-corrected chi connectivity index (χ3v) is 3.44. The summed E-state index contributed by atoms with van der Waals surface area (Å²) in [5.74, 6) is 0.976. The molecule has 0 saturated heterocycles. The Morgan fingerprint density at radius 2 is 2.05 bits per heavy atom. The number of benzene rings is 1. The van der Waals surface area contributed by atoms with Crippen LogP contribution in [0.2, 0.25) is 0 Å². The van der Waals surface area contributed by atoms with E-state index in [0.29, 0.717) is 6.61 Å². The summed E-state index contributed by atoms with van der Waals surface area (Å²) >= 11 is 0. The van der Waals surface area contributed by atoms with Crippen molar-refractivity contribution in [2.24, 2.45) is 11.7 Å². The lowest BCUT2D eigenvalue weighted by Gasteiger charge is -2.11. The van der Waals surface area contributed by atoms with Gasteiger partial charge in [0, 0.05) is 17.6 Å². The summed E-state index contributed by atoms with van der Waals surface area (Å²) in [6.07, 6.45) is 3.62. The van der Waals surface area contributed by atoms with Gasteiger partial charge in [-0.3, -0.25) is 4.79 Å². The van der Waals surface area contributed by atoms with Crippen molar-refractivity contribution in [1.82, 2.24) is 0 Å². The molecule has 5 heteroatoms. The molecule has 2 unspecified atom stereocenters. The Hall–Kier alpha value is -1.26. The molecule has 1 aromatic rings. The van der Waals surface area contributed by atoms with Crippen LogP contribution in [0.3, 0.4) is 0 Å². The minimum absolute atomic E-state index is 0. The summed E-state index contributed by atoms with van der Waals surface area (Å²) in [7, 11) is 0. The quantitative estimate of drug-likeness (QED) is 0.878. The summed E-state index contributed by atoms with van der Waals surface area (Å²) in [6, 6.07) is 7.69. The number of ether oxygens (including phenoxy) is 1. The molecule has 1 saturated carbocycles. The van der Waals surface area contributed by atoms with Crippen LogP contribution >= 0.6 is 12.4 Å². The number of nitrogens with one attached hydrogen (secondary N) is 1. The third kappa shape index (κ3) is 4.69. The fourth-order valence-electron chi connectivity index (χ4n) is 2.35. The molecule has 0 bridgehead atoms. The minimum Gasteiger partial charge on any atom is -0.494 e. The summed E-state index contributed by atoms with van der Waals surface area (Å²) in [6.45, 7) is 2.78. The first-order valence-electron chi connectivity index (χ1n) is 6.98. The lowest BCUT2D eigenvalue weighted by Crippen LogP contribution is -2.23. The van der Waals surface area contributed by atoms with Crippen LogP contribution in [0.25, 0.3) is 0 Å². The Morgan fingerprint density at radius 1 is 1.35 bits per heavy atom. The maximum Gasteiger partial charge on any atom is 0.227 e. The van der Waals surface area contributed by atoms with Gasteiger partial charge < -0.3 is 15.8 Å². The average Bonchev–Trinajstić information content (AvgIpc) is 2.85. The highest BCUT2D eigenvalue weighted by Gasteiger charge is 2.27. The van der Waals surface area contributed by atoms with Crippen molar-refractivity contribution in [3.05, 3.63) is 24.3 Å². The highest BCUT2D eigenvalue weighted by molar-refractivity contribution is 5.92. The largest absolute Gasteiger partial charge is 0.494 e. The van der Waals surface area contributed by atoms with Crippen LogP contribution in [-0.2, 0) is 4.79 Å². The molecule has 4 nitrogen and oxygen atoms in total. The smallest absolute Gasteiger partial charge is 0.227 e. The van der Waals surface area contributed by atoms with E-state index in [1.165, 1.54) is 0 Å². The zero-order valence-corrected chi connectivity index (χ0v) is 12.6. The molecular formula is C15H23ClN2O2. The average molecular weight is 299 g/mol. The Kier molecular flexibility index (Phi) is 6.82. The topological polar surface area (TPSA) is 64.3 Å². The standard InChI is InChI=1S/C15H22N2O2.ClH/c1-2-9-19-14-7-5-13(6-8-14)17-15(18)11-3-4-12(16)10-11;/h5-8,11-12H,2-4,9-10,16H2,1H3,(H,17,18);1H. The molecule has 0 spiro atoms. The first kappa shape index (κ1) is 16.8. The van der Waals surface area contributed by atoms with Crippen LogP contribution in [0.1, 0.15) is 32.6 Å². The van der Waals surface area contributed by atoms with E-state index in [1.54, 1.807) is 0 Å². The van der Waals surface area contributed by atoms with E-state index in [2.05, 4.69) is 12.2 Å². The van der Waals surface area contributed by atoms with Crippen molar-refractivity contribution in [2.75, 3.05) is 11.9 Å². The van der Waals surface area contributed by atoms with Gasteiger partial charge in [0.1, 0.15) is 5.75 Å². The van der Waals surface area contributed by atoms with Crippen molar-refractivity contribution in [3.63, 3.8) is 0 Å². The number of amides is 1. The Bertz CT molecular complexity index is 422. The molecular weight excluding hydrogens is 276 g/mol.